The van der Waals surface area contributed by atoms with Crippen LogP contribution in [-0.2, 0) is 11.2 Å². The number of nitrogens with zero attached hydrogens (tertiary/aromatic N) is 1. The summed E-state index contributed by atoms with van der Waals surface area (Å²) in [6.45, 7) is 0. The number of hydrogen-bond donors (Lipinski definition) is 2. The van der Waals surface area contributed by atoms with E-state index in [0.29, 0.717) is 5.56 Å². The average molecular weight is 167 g/mol. The molecule has 0 saturated carbocycles. The lowest BCUT2D eigenvalue weighted by atomic mass is 10.1. The van der Waals surface area contributed by atoms with Crippen LogP contribution in [-0.4, -0.2) is 27.3 Å². The SMILES string of the molecule is O=C(O)[C@@H](O)Cc1cccnc1. The Balaban J connectivity index is 2.58. The summed E-state index contributed by atoms with van der Waals surface area (Å²) in [5.74, 6) is -1.21. The summed E-state index contributed by atoms with van der Waals surface area (Å²) in [7, 11) is 0. The quantitative estimate of drug-likeness (QED) is 0.668. The second-order valence-corrected chi connectivity index (χ2v) is 2.42. The van der Waals surface area contributed by atoms with Gasteiger partial charge in [-0.25, -0.2) is 4.79 Å². The summed E-state index contributed by atoms with van der Waals surface area (Å²) in [6, 6.07) is 3.42. The highest BCUT2D eigenvalue weighted by atomic mass is 16.4. The molecule has 64 valence electrons. The van der Waals surface area contributed by atoms with Crippen LogP contribution in [0.2, 0.25) is 0 Å². The topological polar surface area (TPSA) is 70.4 Å². The van der Waals surface area contributed by atoms with Crippen molar-refractivity contribution in [3.63, 3.8) is 0 Å². The number of carbonyl (C=O) groups is 1. The van der Waals surface area contributed by atoms with Crippen molar-refractivity contribution in [2.45, 2.75) is 12.5 Å². The van der Waals surface area contributed by atoms with Crippen LogP contribution >= 0.6 is 0 Å². The first-order chi connectivity index (χ1) is 5.70. The Hall–Kier alpha value is -1.42. The minimum absolute atomic E-state index is 0.100. The molecule has 0 radical (unpaired) electrons. The lowest BCUT2D eigenvalue weighted by Gasteiger charge is -2.03. The van der Waals surface area contributed by atoms with Gasteiger partial charge in [-0.3, -0.25) is 4.98 Å². The third-order valence-electron chi connectivity index (χ3n) is 1.44. The van der Waals surface area contributed by atoms with E-state index in [9.17, 15) is 4.79 Å². The van der Waals surface area contributed by atoms with Gasteiger partial charge < -0.3 is 10.2 Å². The number of pyridine rings is 1. The molecule has 0 saturated heterocycles. The van der Waals surface area contributed by atoms with Gasteiger partial charge in [0.15, 0.2) is 6.10 Å². The Bertz CT molecular complexity index is 260. The van der Waals surface area contributed by atoms with E-state index >= 15 is 0 Å². The molecular weight excluding hydrogens is 158 g/mol. The first-order valence-corrected chi connectivity index (χ1v) is 3.50. The molecule has 4 nitrogen and oxygen atoms in total. The summed E-state index contributed by atoms with van der Waals surface area (Å²) >= 11 is 0. The zero-order valence-corrected chi connectivity index (χ0v) is 6.34. The molecule has 12 heavy (non-hydrogen) atoms. The van der Waals surface area contributed by atoms with Crippen molar-refractivity contribution in [1.82, 2.24) is 4.98 Å². The van der Waals surface area contributed by atoms with Crippen LogP contribution in [0.4, 0.5) is 0 Å². The highest BCUT2D eigenvalue weighted by Gasteiger charge is 2.12. The molecule has 1 heterocycles. The standard InChI is InChI=1S/C8H9NO3/c10-7(8(11)12)4-6-2-1-3-9-5-6/h1-3,5,7,10H,4H2,(H,11,12)/t7-/m0/s1. The first-order valence-electron chi connectivity index (χ1n) is 3.50. The Morgan fingerprint density at radius 1 is 1.67 bits per heavy atom. The molecule has 0 aliphatic heterocycles. The predicted molar refractivity (Wildman–Crippen MR) is 41.6 cm³/mol. The van der Waals surface area contributed by atoms with Crippen molar-refractivity contribution >= 4 is 5.97 Å². The van der Waals surface area contributed by atoms with Crippen LogP contribution < -0.4 is 0 Å². The maximum atomic E-state index is 10.2. The molecule has 0 spiro atoms. The molecule has 0 unspecified atom stereocenters. The van der Waals surface area contributed by atoms with Gasteiger partial charge in [0.25, 0.3) is 0 Å². The molecule has 1 aromatic rings. The smallest absolute Gasteiger partial charge is 0.332 e. The van der Waals surface area contributed by atoms with Crippen molar-refractivity contribution in [2.24, 2.45) is 0 Å². The fraction of sp³-hybridized carbons (Fsp3) is 0.250. The largest absolute Gasteiger partial charge is 0.479 e. The molecule has 0 aromatic carbocycles. The third-order valence-corrected chi connectivity index (χ3v) is 1.44. The summed E-state index contributed by atoms with van der Waals surface area (Å²) in [6.07, 6.45) is 1.89. The average Bonchev–Trinajstić information content (AvgIpc) is 2.06. The molecule has 1 rings (SSSR count). The molecule has 1 atom stereocenters. The van der Waals surface area contributed by atoms with Crippen LogP contribution in [0, 0.1) is 0 Å². The van der Waals surface area contributed by atoms with Crippen molar-refractivity contribution in [2.75, 3.05) is 0 Å². The molecular formula is C8H9NO3. The minimum atomic E-state index is -1.34. The van der Waals surface area contributed by atoms with Crippen molar-refractivity contribution in [1.29, 1.82) is 0 Å². The van der Waals surface area contributed by atoms with E-state index < -0.39 is 12.1 Å². The molecule has 0 amide bonds. The van der Waals surface area contributed by atoms with Gasteiger partial charge in [0.2, 0.25) is 0 Å². The number of aliphatic carboxylic acids is 1. The second kappa shape index (κ2) is 3.82. The number of aliphatic hydroxyl groups excluding tert-OH is 1. The van der Waals surface area contributed by atoms with Crippen LogP contribution in [0.25, 0.3) is 0 Å². The van der Waals surface area contributed by atoms with E-state index in [4.69, 9.17) is 10.2 Å². The van der Waals surface area contributed by atoms with Gasteiger partial charge >= 0.3 is 5.97 Å². The van der Waals surface area contributed by atoms with Gasteiger partial charge in [-0.15, -0.1) is 0 Å². The van der Waals surface area contributed by atoms with Crippen LogP contribution in [0.5, 0.6) is 0 Å². The van der Waals surface area contributed by atoms with Gasteiger partial charge in [-0.05, 0) is 11.6 Å². The summed E-state index contributed by atoms with van der Waals surface area (Å²) in [5.41, 5.74) is 0.715. The molecule has 1 aromatic heterocycles. The predicted octanol–water partition coefficient (Wildman–Crippen LogP) is 0.0696. The van der Waals surface area contributed by atoms with E-state index in [1.165, 1.54) is 6.20 Å². The van der Waals surface area contributed by atoms with Gasteiger partial charge in [0.05, 0.1) is 0 Å². The highest BCUT2D eigenvalue weighted by Crippen LogP contribution is 2.00. The number of rotatable bonds is 3. The Kier molecular flexibility index (Phi) is 2.76. The molecule has 0 bridgehead atoms. The van der Waals surface area contributed by atoms with E-state index in [0.717, 1.165) is 0 Å². The zero-order valence-electron chi connectivity index (χ0n) is 6.34. The number of hydrogen-bond acceptors (Lipinski definition) is 3. The lowest BCUT2D eigenvalue weighted by molar-refractivity contribution is -0.146. The maximum Gasteiger partial charge on any atom is 0.332 e. The number of carboxylic acids is 1. The van der Waals surface area contributed by atoms with Crippen LogP contribution in [0.3, 0.4) is 0 Å². The third kappa shape index (κ3) is 2.32. The molecule has 0 aliphatic carbocycles. The van der Waals surface area contributed by atoms with Crippen molar-refractivity contribution in [3.05, 3.63) is 30.1 Å². The summed E-state index contributed by atoms with van der Waals surface area (Å²) in [4.78, 5) is 14.0. The molecule has 2 N–H and O–H groups in total. The van der Waals surface area contributed by atoms with E-state index in [2.05, 4.69) is 4.98 Å². The van der Waals surface area contributed by atoms with Gasteiger partial charge in [0, 0.05) is 18.8 Å². The van der Waals surface area contributed by atoms with Gasteiger partial charge in [-0.2, -0.15) is 0 Å². The van der Waals surface area contributed by atoms with Gasteiger partial charge in [-0.1, -0.05) is 6.07 Å². The fourth-order valence-electron chi connectivity index (χ4n) is 0.829. The Labute approximate surface area is 69.5 Å². The van der Waals surface area contributed by atoms with E-state index in [-0.39, 0.29) is 6.42 Å². The van der Waals surface area contributed by atoms with Crippen molar-refractivity contribution < 1.29 is 15.0 Å². The summed E-state index contributed by atoms with van der Waals surface area (Å²) in [5, 5.41) is 17.3. The molecule has 0 aliphatic rings. The number of aliphatic hydroxyl groups is 1. The minimum Gasteiger partial charge on any atom is -0.479 e. The van der Waals surface area contributed by atoms with Gasteiger partial charge in [0.1, 0.15) is 0 Å². The Morgan fingerprint density at radius 3 is 2.92 bits per heavy atom. The highest BCUT2D eigenvalue weighted by molar-refractivity contribution is 5.72. The maximum absolute atomic E-state index is 10.2. The Morgan fingerprint density at radius 2 is 2.42 bits per heavy atom. The second-order valence-electron chi connectivity index (χ2n) is 2.42. The molecule has 0 fully saturated rings. The zero-order chi connectivity index (χ0) is 8.97. The van der Waals surface area contributed by atoms with Crippen LogP contribution in [0.1, 0.15) is 5.56 Å². The van der Waals surface area contributed by atoms with E-state index in [1.54, 1.807) is 18.3 Å². The number of carboxylic acid groups (broad SMARTS) is 1. The number of aromatic nitrogens is 1. The van der Waals surface area contributed by atoms with Crippen LogP contribution in [0.15, 0.2) is 24.5 Å². The lowest BCUT2D eigenvalue weighted by Crippen LogP contribution is -2.21. The first kappa shape index (κ1) is 8.67. The fourth-order valence-corrected chi connectivity index (χ4v) is 0.829. The summed E-state index contributed by atoms with van der Waals surface area (Å²) < 4.78 is 0. The normalized spacial score (nSPS) is 12.4. The van der Waals surface area contributed by atoms with Crippen molar-refractivity contribution in [3.8, 4) is 0 Å². The molecule has 4 heteroatoms. The monoisotopic (exact) mass is 167 g/mol. The van der Waals surface area contributed by atoms with E-state index in [1.807, 2.05) is 0 Å².